The second-order valence-corrected chi connectivity index (χ2v) is 11.8. The molecule has 0 radical (unpaired) electrons. The molecular weight excluding hydrogens is 537 g/mol. The second-order valence-electron chi connectivity index (χ2n) is 11.8. The maximum atomic E-state index is 13.5. The minimum atomic E-state index is -0.956. The number of halogens is 2. The zero-order valence-corrected chi connectivity index (χ0v) is 23.1. The van der Waals surface area contributed by atoms with E-state index in [0.29, 0.717) is 24.2 Å². The molecule has 1 saturated heterocycles. The van der Waals surface area contributed by atoms with Crippen LogP contribution in [-0.4, -0.2) is 62.9 Å². The highest BCUT2D eigenvalue weighted by Gasteiger charge is 2.73. The van der Waals surface area contributed by atoms with E-state index in [1.807, 2.05) is 36.4 Å². The number of aromatic hydroxyl groups is 1. The van der Waals surface area contributed by atoms with Gasteiger partial charge in [-0.15, -0.1) is 24.8 Å². The van der Waals surface area contributed by atoms with Gasteiger partial charge in [-0.3, -0.25) is 14.7 Å². The van der Waals surface area contributed by atoms with Crippen molar-refractivity contribution in [1.82, 2.24) is 15.2 Å². The van der Waals surface area contributed by atoms with Crippen LogP contribution in [0.3, 0.4) is 0 Å². The molecule has 0 unspecified atom stereocenters. The molecule has 2 aliphatic heterocycles. The number of nitrogens with zero attached hydrogens (tertiary/aromatic N) is 2. The van der Waals surface area contributed by atoms with Crippen LogP contribution in [0.4, 0.5) is 0 Å². The first kappa shape index (κ1) is 26.6. The summed E-state index contributed by atoms with van der Waals surface area (Å²) in [6, 6.07) is 13.1. The lowest BCUT2D eigenvalue weighted by molar-refractivity contribution is -0.191. The summed E-state index contributed by atoms with van der Waals surface area (Å²) >= 11 is 0. The first-order chi connectivity index (χ1) is 18.0. The molecule has 2 saturated carbocycles. The van der Waals surface area contributed by atoms with Crippen LogP contribution in [0.15, 0.2) is 48.7 Å². The Morgan fingerprint density at radius 1 is 1.13 bits per heavy atom. The van der Waals surface area contributed by atoms with Crippen LogP contribution in [-0.2, 0) is 11.8 Å². The Bertz CT molecular complexity index is 1470. The molecule has 3 fully saturated rings. The summed E-state index contributed by atoms with van der Waals surface area (Å²) in [7, 11) is 0. The molecule has 5 aliphatic rings. The zero-order chi connectivity index (χ0) is 24.9. The monoisotopic (exact) mass is 569 g/mol. The highest BCUT2D eigenvalue weighted by atomic mass is 35.5. The molecule has 3 aliphatic carbocycles. The average Bonchev–Trinajstić information content (AvgIpc) is 3.65. The highest BCUT2D eigenvalue weighted by molar-refractivity contribution is 5.97. The number of carbonyl (C=O) groups is 1. The fraction of sp³-hybridized carbons (Fsp3) is 0.467. The van der Waals surface area contributed by atoms with Gasteiger partial charge in [0.2, 0.25) is 0 Å². The molecule has 39 heavy (non-hydrogen) atoms. The maximum absolute atomic E-state index is 13.5. The van der Waals surface area contributed by atoms with Crippen molar-refractivity contribution in [2.45, 2.75) is 67.7 Å². The second kappa shape index (κ2) is 9.23. The number of hydrogen-bond acceptors (Lipinski definition) is 6. The number of phenolic OH excluding ortho intramolecular Hbond substituents is 1. The van der Waals surface area contributed by atoms with Gasteiger partial charge in [-0.2, -0.15) is 0 Å². The Labute approximate surface area is 239 Å². The van der Waals surface area contributed by atoms with Crippen molar-refractivity contribution in [3.63, 3.8) is 0 Å². The van der Waals surface area contributed by atoms with Crippen LogP contribution in [0.2, 0.25) is 0 Å². The molecule has 1 amide bonds. The number of piperidine rings is 1. The molecular formula is C30H33Cl2N3O4. The number of pyridine rings is 1. The number of para-hydroxylation sites is 1. The number of nitrogens with one attached hydrogen (secondary N) is 1. The van der Waals surface area contributed by atoms with Gasteiger partial charge in [0.15, 0.2) is 11.5 Å². The third-order valence-electron chi connectivity index (χ3n) is 9.93. The molecule has 2 bridgehead atoms. The van der Waals surface area contributed by atoms with Gasteiger partial charge in [0, 0.05) is 29.7 Å². The van der Waals surface area contributed by atoms with Crippen molar-refractivity contribution in [3.05, 3.63) is 65.4 Å². The fourth-order valence-corrected chi connectivity index (χ4v) is 8.08. The Kier molecular flexibility index (Phi) is 6.30. The lowest BCUT2D eigenvalue weighted by atomic mass is 9.48. The molecule has 9 heteroatoms. The van der Waals surface area contributed by atoms with E-state index in [9.17, 15) is 15.0 Å². The van der Waals surface area contributed by atoms with E-state index < -0.39 is 17.1 Å². The van der Waals surface area contributed by atoms with E-state index in [1.165, 1.54) is 12.8 Å². The van der Waals surface area contributed by atoms with Gasteiger partial charge in [-0.05, 0) is 74.8 Å². The first-order valence-electron chi connectivity index (χ1n) is 13.6. The van der Waals surface area contributed by atoms with Crippen LogP contribution in [0.25, 0.3) is 10.9 Å². The molecule has 1 aromatic heterocycles. The van der Waals surface area contributed by atoms with E-state index in [4.69, 9.17) is 4.74 Å². The van der Waals surface area contributed by atoms with Crippen LogP contribution in [0.5, 0.6) is 11.5 Å². The Morgan fingerprint density at radius 2 is 1.95 bits per heavy atom. The van der Waals surface area contributed by atoms with E-state index in [2.05, 4.69) is 15.2 Å². The van der Waals surface area contributed by atoms with Crippen LogP contribution >= 0.6 is 24.8 Å². The SMILES string of the molecule is Cl.Cl.O=C(N[C@@H]1CC[C@@]2(O)[C@H]3Cc4ccc(O)c5c4[C@@]2(CCN3CC2CC2)[C@H]1O5)c1cnc2ccccc2c1. The van der Waals surface area contributed by atoms with Gasteiger partial charge in [0.1, 0.15) is 6.10 Å². The largest absolute Gasteiger partial charge is 0.504 e. The summed E-state index contributed by atoms with van der Waals surface area (Å²) < 4.78 is 6.56. The third-order valence-corrected chi connectivity index (χ3v) is 9.93. The zero-order valence-electron chi connectivity index (χ0n) is 21.5. The van der Waals surface area contributed by atoms with Gasteiger partial charge in [-0.25, -0.2) is 0 Å². The summed E-state index contributed by atoms with van der Waals surface area (Å²) in [5.41, 5.74) is 1.91. The number of fused-ring (bicyclic) bond motifs is 1. The average molecular weight is 571 g/mol. The molecule has 1 spiro atoms. The topological polar surface area (TPSA) is 94.9 Å². The van der Waals surface area contributed by atoms with Gasteiger partial charge in [0.25, 0.3) is 5.91 Å². The summed E-state index contributed by atoms with van der Waals surface area (Å²) in [5.74, 6) is 1.18. The Hall–Kier alpha value is -2.58. The van der Waals surface area contributed by atoms with Crippen molar-refractivity contribution >= 4 is 41.6 Å². The predicted octanol–water partition coefficient (Wildman–Crippen LogP) is 4.15. The molecule has 2 aromatic carbocycles. The lowest BCUT2D eigenvalue weighted by Gasteiger charge is -2.64. The number of rotatable bonds is 4. The Balaban J connectivity index is 0.00000138. The molecule has 3 aromatic rings. The van der Waals surface area contributed by atoms with E-state index in [-0.39, 0.29) is 48.6 Å². The van der Waals surface area contributed by atoms with E-state index in [1.54, 1.807) is 12.3 Å². The molecule has 7 nitrogen and oxygen atoms in total. The van der Waals surface area contributed by atoms with Crippen LogP contribution in [0, 0.1) is 5.92 Å². The number of benzene rings is 2. The smallest absolute Gasteiger partial charge is 0.253 e. The molecule has 206 valence electrons. The number of ether oxygens (including phenoxy) is 1. The van der Waals surface area contributed by atoms with Crippen molar-refractivity contribution < 1.29 is 19.7 Å². The third kappa shape index (κ3) is 3.63. The minimum absolute atomic E-state index is 0. The van der Waals surface area contributed by atoms with Gasteiger partial charge in [-0.1, -0.05) is 24.3 Å². The summed E-state index contributed by atoms with van der Waals surface area (Å²) in [6.45, 7) is 1.94. The first-order valence-corrected chi connectivity index (χ1v) is 13.6. The summed E-state index contributed by atoms with van der Waals surface area (Å²) in [6.07, 6.45) is 6.48. The normalized spacial score (nSPS) is 31.9. The summed E-state index contributed by atoms with van der Waals surface area (Å²) in [4.78, 5) is 20.4. The molecule has 8 rings (SSSR count). The van der Waals surface area contributed by atoms with Crippen molar-refractivity contribution in [3.8, 4) is 11.5 Å². The van der Waals surface area contributed by atoms with Gasteiger partial charge in [0.05, 0.1) is 28.1 Å². The van der Waals surface area contributed by atoms with Crippen molar-refractivity contribution in [2.75, 3.05) is 13.1 Å². The highest BCUT2D eigenvalue weighted by Crippen LogP contribution is 2.65. The molecule has 3 N–H and O–H groups in total. The van der Waals surface area contributed by atoms with E-state index in [0.717, 1.165) is 53.9 Å². The molecule has 5 atom stereocenters. The van der Waals surface area contributed by atoms with Gasteiger partial charge < -0.3 is 20.3 Å². The lowest BCUT2D eigenvalue weighted by Crippen LogP contribution is -2.78. The van der Waals surface area contributed by atoms with Gasteiger partial charge >= 0.3 is 0 Å². The quantitative estimate of drug-likeness (QED) is 0.437. The van der Waals surface area contributed by atoms with Crippen molar-refractivity contribution in [1.29, 1.82) is 0 Å². The maximum Gasteiger partial charge on any atom is 0.253 e. The van der Waals surface area contributed by atoms with Crippen molar-refractivity contribution in [2.24, 2.45) is 5.92 Å². The Morgan fingerprint density at radius 3 is 2.77 bits per heavy atom. The number of aliphatic hydroxyl groups is 1. The minimum Gasteiger partial charge on any atom is -0.504 e. The van der Waals surface area contributed by atoms with E-state index >= 15 is 0 Å². The summed E-state index contributed by atoms with van der Waals surface area (Å²) in [5, 5.41) is 27.5. The number of likely N-dealkylation sites (tertiary alicyclic amines) is 1. The number of hydrogen-bond donors (Lipinski definition) is 3. The predicted molar refractivity (Wildman–Crippen MR) is 152 cm³/mol. The van der Waals surface area contributed by atoms with Crippen LogP contribution in [0.1, 0.15) is 53.6 Å². The standard InChI is InChI=1S/C30H31N3O4.2ClH/c34-23-8-7-19-14-24-30(36)10-9-22(32-28(35)20-13-18-3-1-2-4-21(18)31-15-20)27-29(30,25(19)26(23)37-27)11-12-33(24)16-17-5-6-17;;/h1-4,7-8,13,15,17,22,24,27,34,36H,5-6,9-12,14,16H2,(H,32,35);2*1H/t22-,24-,27+,29+,30-;;/m1../s1. The van der Waals surface area contributed by atoms with Crippen LogP contribution < -0.4 is 10.1 Å². The molecule has 3 heterocycles. The number of phenols is 1. The number of amides is 1. The number of aromatic nitrogens is 1. The fourth-order valence-electron chi connectivity index (χ4n) is 8.08. The number of carbonyl (C=O) groups excluding carboxylic acids is 1.